The van der Waals surface area contributed by atoms with Crippen molar-refractivity contribution in [2.75, 3.05) is 4.72 Å². The molecule has 0 radical (unpaired) electrons. The number of oxazole rings is 1. The molecule has 3 rings (SSSR count). The Morgan fingerprint density at radius 2 is 1.96 bits per heavy atom. The normalized spacial score (nSPS) is 11.8. The first-order valence-corrected chi connectivity index (χ1v) is 8.63. The van der Waals surface area contributed by atoms with E-state index < -0.39 is 21.6 Å². The minimum Gasteiger partial charge on any atom is -0.408 e. The van der Waals surface area contributed by atoms with Gasteiger partial charge in [-0.25, -0.2) is 17.6 Å². The lowest BCUT2D eigenvalue weighted by Crippen LogP contribution is -2.15. The fourth-order valence-electron chi connectivity index (χ4n) is 2.31. The van der Waals surface area contributed by atoms with Crippen LogP contribution in [-0.2, 0) is 17.1 Å². The van der Waals surface area contributed by atoms with Crippen LogP contribution >= 0.6 is 11.6 Å². The van der Waals surface area contributed by atoms with Crippen LogP contribution in [0, 0.1) is 12.7 Å². The zero-order valence-electron chi connectivity index (χ0n) is 12.6. The zero-order valence-corrected chi connectivity index (χ0v) is 14.2. The Balaban J connectivity index is 2.10. The van der Waals surface area contributed by atoms with Crippen LogP contribution in [-0.4, -0.2) is 13.0 Å². The second-order valence-corrected chi connectivity index (χ2v) is 7.30. The van der Waals surface area contributed by atoms with E-state index >= 15 is 0 Å². The van der Waals surface area contributed by atoms with Crippen molar-refractivity contribution in [3.8, 4) is 0 Å². The molecular formula is C15H12ClFN2O4S. The van der Waals surface area contributed by atoms with Gasteiger partial charge in [0.25, 0.3) is 10.0 Å². The highest BCUT2D eigenvalue weighted by Crippen LogP contribution is 2.26. The van der Waals surface area contributed by atoms with E-state index in [0.29, 0.717) is 16.7 Å². The summed E-state index contributed by atoms with van der Waals surface area (Å²) in [6.45, 7) is 1.58. The second kappa shape index (κ2) is 5.64. The van der Waals surface area contributed by atoms with Crippen LogP contribution < -0.4 is 10.5 Å². The van der Waals surface area contributed by atoms with Gasteiger partial charge in [0.05, 0.1) is 21.1 Å². The summed E-state index contributed by atoms with van der Waals surface area (Å²) in [4.78, 5) is 11.5. The minimum atomic E-state index is -3.96. The molecule has 0 fully saturated rings. The summed E-state index contributed by atoms with van der Waals surface area (Å²) in [5, 5.41) is -0.195. The maximum atomic E-state index is 13.2. The van der Waals surface area contributed by atoms with Crippen molar-refractivity contribution in [2.45, 2.75) is 11.8 Å². The monoisotopic (exact) mass is 370 g/mol. The van der Waals surface area contributed by atoms with Crippen LogP contribution in [0.2, 0.25) is 5.02 Å². The van der Waals surface area contributed by atoms with Crippen molar-refractivity contribution in [2.24, 2.45) is 7.05 Å². The van der Waals surface area contributed by atoms with E-state index in [1.165, 1.54) is 35.9 Å². The van der Waals surface area contributed by atoms with Crippen LogP contribution in [0.15, 0.2) is 44.4 Å². The molecule has 0 saturated heterocycles. The Morgan fingerprint density at radius 1 is 1.25 bits per heavy atom. The first-order chi connectivity index (χ1) is 11.2. The van der Waals surface area contributed by atoms with Gasteiger partial charge in [-0.2, -0.15) is 0 Å². The zero-order chi connectivity index (χ0) is 17.6. The molecule has 1 heterocycles. The summed E-state index contributed by atoms with van der Waals surface area (Å²) in [7, 11) is -2.48. The summed E-state index contributed by atoms with van der Waals surface area (Å²) in [5.41, 5.74) is 1.17. The van der Waals surface area contributed by atoms with Crippen molar-refractivity contribution in [1.29, 1.82) is 0 Å². The molecule has 3 aromatic rings. The lowest BCUT2D eigenvalue weighted by molar-refractivity contribution is 0.528. The SMILES string of the molecule is Cc1cc2oc(=O)n(C)c2cc1S(=O)(=O)Nc1ccc(F)c(Cl)c1. The number of anilines is 1. The average Bonchev–Trinajstić information content (AvgIpc) is 2.76. The lowest BCUT2D eigenvalue weighted by atomic mass is 10.2. The standard InChI is InChI=1S/C15H12ClFN2O4S/c1-8-5-13-12(19(2)15(20)23-13)7-14(8)24(21,22)18-9-3-4-11(17)10(16)6-9/h3-7,18H,1-2H3. The van der Waals surface area contributed by atoms with Gasteiger partial charge in [0.15, 0.2) is 5.58 Å². The van der Waals surface area contributed by atoms with Crippen molar-refractivity contribution in [3.63, 3.8) is 0 Å². The maximum Gasteiger partial charge on any atom is 0.419 e. The van der Waals surface area contributed by atoms with Crippen LogP contribution in [0.3, 0.4) is 0 Å². The molecule has 1 N–H and O–H groups in total. The Hall–Kier alpha value is -2.32. The number of nitrogens with zero attached hydrogens (tertiary/aromatic N) is 1. The Morgan fingerprint density at radius 3 is 2.62 bits per heavy atom. The van der Waals surface area contributed by atoms with E-state index in [9.17, 15) is 17.6 Å². The summed E-state index contributed by atoms with van der Waals surface area (Å²) >= 11 is 5.66. The topological polar surface area (TPSA) is 81.3 Å². The van der Waals surface area contributed by atoms with E-state index in [-0.39, 0.29) is 15.6 Å². The predicted octanol–water partition coefficient (Wildman–Crippen LogP) is 3.03. The number of nitrogens with one attached hydrogen (secondary N) is 1. The molecule has 0 aliphatic heterocycles. The van der Waals surface area contributed by atoms with Gasteiger partial charge in [-0.1, -0.05) is 11.6 Å². The molecule has 1 aromatic heterocycles. The highest BCUT2D eigenvalue weighted by Gasteiger charge is 2.20. The Kier molecular flexibility index (Phi) is 3.89. The number of sulfonamides is 1. The molecule has 0 aliphatic carbocycles. The first kappa shape index (κ1) is 16.5. The molecule has 0 bridgehead atoms. The fraction of sp³-hybridized carbons (Fsp3) is 0.133. The van der Waals surface area contributed by atoms with Crippen molar-refractivity contribution >= 4 is 38.4 Å². The molecule has 0 saturated carbocycles. The van der Waals surface area contributed by atoms with Crippen LogP contribution in [0.25, 0.3) is 11.1 Å². The van der Waals surface area contributed by atoms with Gasteiger partial charge in [-0.3, -0.25) is 9.29 Å². The van der Waals surface area contributed by atoms with Gasteiger partial charge in [-0.15, -0.1) is 0 Å². The number of hydrogen-bond donors (Lipinski definition) is 1. The number of halogens is 2. The quantitative estimate of drug-likeness (QED) is 0.768. The lowest BCUT2D eigenvalue weighted by Gasteiger charge is -2.11. The fourth-order valence-corrected chi connectivity index (χ4v) is 3.79. The van der Waals surface area contributed by atoms with Crippen LogP contribution in [0.1, 0.15) is 5.56 Å². The molecular weight excluding hydrogens is 359 g/mol. The number of rotatable bonds is 3. The Labute approximate surface area is 141 Å². The molecule has 0 unspecified atom stereocenters. The number of aryl methyl sites for hydroxylation is 2. The third kappa shape index (κ3) is 2.78. The largest absolute Gasteiger partial charge is 0.419 e. The number of benzene rings is 2. The van der Waals surface area contributed by atoms with Gasteiger partial charge >= 0.3 is 5.76 Å². The third-order valence-corrected chi connectivity index (χ3v) is 5.36. The molecule has 9 heteroatoms. The van der Waals surface area contributed by atoms with Crippen molar-refractivity contribution in [3.05, 3.63) is 57.3 Å². The molecule has 24 heavy (non-hydrogen) atoms. The Bertz CT molecular complexity index is 1120. The molecule has 0 amide bonds. The summed E-state index contributed by atoms with van der Waals surface area (Å²) in [6.07, 6.45) is 0. The van der Waals surface area contributed by atoms with Crippen LogP contribution in [0.5, 0.6) is 0 Å². The van der Waals surface area contributed by atoms with E-state index in [0.717, 1.165) is 6.07 Å². The molecule has 0 atom stereocenters. The van der Waals surface area contributed by atoms with Gasteiger partial charge < -0.3 is 4.42 Å². The summed E-state index contributed by atoms with van der Waals surface area (Å²) in [6, 6.07) is 6.33. The molecule has 0 aliphatic rings. The number of fused-ring (bicyclic) bond motifs is 1. The number of hydrogen-bond acceptors (Lipinski definition) is 4. The third-order valence-electron chi connectivity index (χ3n) is 3.55. The first-order valence-electron chi connectivity index (χ1n) is 6.77. The van der Waals surface area contributed by atoms with Crippen molar-refractivity contribution in [1.82, 2.24) is 4.57 Å². The summed E-state index contributed by atoms with van der Waals surface area (Å²) in [5.74, 6) is -1.23. The second-order valence-electron chi connectivity index (χ2n) is 5.25. The van der Waals surface area contributed by atoms with Gasteiger partial charge in [-0.05, 0) is 42.8 Å². The molecule has 126 valence electrons. The number of aromatic nitrogens is 1. The van der Waals surface area contributed by atoms with E-state index in [2.05, 4.69) is 4.72 Å². The minimum absolute atomic E-state index is 0.0214. The average molecular weight is 371 g/mol. The highest BCUT2D eigenvalue weighted by atomic mass is 35.5. The summed E-state index contributed by atoms with van der Waals surface area (Å²) < 4.78 is 47.0. The smallest absolute Gasteiger partial charge is 0.408 e. The molecule has 6 nitrogen and oxygen atoms in total. The predicted molar refractivity (Wildman–Crippen MR) is 88.4 cm³/mol. The maximum absolute atomic E-state index is 13.2. The van der Waals surface area contributed by atoms with Gasteiger partial charge in [0.2, 0.25) is 0 Å². The molecule has 0 spiro atoms. The molecule has 2 aromatic carbocycles. The van der Waals surface area contributed by atoms with E-state index in [1.54, 1.807) is 6.92 Å². The van der Waals surface area contributed by atoms with E-state index in [1.807, 2.05) is 0 Å². The van der Waals surface area contributed by atoms with E-state index in [4.69, 9.17) is 16.0 Å². The highest BCUT2D eigenvalue weighted by molar-refractivity contribution is 7.92. The van der Waals surface area contributed by atoms with Gasteiger partial charge in [0.1, 0.15) is 5.82 Å². The van der Waals surface area contributed by atoms with Gasteiger partial charge in [0, 0.05) is 7.05 Å². The van der Waals surface area contributed by atoms with Crippen LogP contribution in [0.4, 0.5) is 10.1 Å². The van der Waals surface area contributed by atoms with Crippen molar-refractivity contribution < 1.29 is 17.2 Å².